The van der Waals surface area contributed by atoms with Crippen LogP contribution in [0.4, 0.5) is 4.79 Å². The third-order valence-corrected chi connectivity index (χ3v) is 3.28. The average Bonchev–Trinajstić information content (AvgIpc) is 2.45. The monoisotopic (exact) mass is 312 g/mol. The number of piperazine rings is 1. The molecule has 0 aromatic carbocycles. The van der Waals surface area contributed by atoms with E-state index in [4.69, 9.17) is 9.47 Å². The molecule has 0 aromatic rings. The molecule has 1 aliphatic rings. The van der Waals surface area contributed by atoms with E-state index in [1.54, 1.807) is 22.8 Å². The Labute approximate surface area is 133 Å². The van der Waals surface area contributed by atoms with Crippen LogP contribution in [0.1, 0.15) is 34.1 Å². The van der Waals surface area contributed by atoms with E-state index < -0.39 is 11.7 Å². The van der Waals surface area contributed by atoms with E-state index in [-0.39, 0.29) is 12.0 Å². The molecule has 0 aromatic heterocycles. The molecule has 0 N–H and O–H groups in total. The van der Waals surface area contributed by atoms with E-state index in [0.29, 0.717) is 32.8 Å². The van der Waals surface area contributed by atoms with Crippen molar-refractivity contribution < 1.29 is 19.1 Å². The lowest BCUT2D eigenvalue weighted by Crippen LogP contribution is -2.53. The molecule has 1 aliphatic heterocycles. The summed E-state index contributed by atoms with van der Waals surface area (Å²) in [7, 11) is 0. The van der Waals surface area contributed by atoms with Crippen LogP contribution in [0.25, 0.3) is 0 Å². The molecule has 0 aliphatic carbocycles. The Morgan fingerprint density at radius 2 is 1.73 bits per heavy atom. The summed E-state index contributed by atoms with van der Waals surface area (Å²) >= 11 is 0. The first kappa shape index (κ1) is 18.5. The molecular weight excluding hydrogens is 284 g/mol. The molecular formula is C16H28N2O4. The van der Waals surface area contributed by atoms with Crippen molar-refractivity contribution in [3.05, 3.63) is 12.7 Å². The molecule has 1 saturated heterocycles. The highest BCUT2D eigenvalue weighted by Gasteiger charge is 2.29. The van der Waals surface area contributed by atoms with E-state index in [9.17, 15) is 9.59 Å². The summed E-state index contributed by atoms with van der Waals surface area (Å²) in [6.07, 6.45) is 1.70. The number of rotatable bonds is 5. The minimum atomic E-state index is -0.502. The second-order valence-electron chi connectivity index (χ2n) is 6.38. The summed E-state index contributed by atoms with van der Waals surface area (Å²) in [4.78, 5) is 27.6. The lowest BCUT2D eigenvalue weighted by molar-refractivity contribution is -0.144. The first-order valence-corrected chi connectivity index (χ1v) is 7.74. The van der Waals surface area contributed by atoms with Crippen molar-refractivity contribution in [2.24, 2.45) is 0 Å². The maximum atomic E-state index is 12.2. The third-order valence-electron chi connectivity index (χ3n) is 3.28. The molecule has 1 rings (SSSR count). The highest BCUT2D eigenvalue weighted by Crippen LogP contribution is 2.12. The van der Waals surface area contributed by atoms with Gasteiger partial charge in [-0.05, 0) is 34.1 Å². The van der Waals surface area contributed by atoms with Crippen molar-refractivity contribution in [2.45, 2.75) is 45.8 Å². The standard InChI is InChI=1S/C16H28N2O4/c1-6-7-12-21-13(2)14(19)17-8-10-18(11-9-17)15(20)22-16(3,4)5/h6,13H,1,7-12H2,2-5H3. The largest absolute Gasteiger partial charge is 0.444 e. The van der Waals surface area contributed by atoms with Gasteiger partial charge in [-0.1, -0.05) is 6.08 Å². The van der Waals surface area contributed by atoms with Crippen molar-refractivity contribution in [3.8, 4) is 0 Å². The predicted molar refractivity (Wildman–Crippen MR) is 84.6 cm³/mol. The van der Waals surface area contributed by atoms with Gasteiger partial charge >= 0.3 is 6.09 Å². The van der Waals surface area contributed by atoms with Gasteiger partial charge in [-0.15, -0.1) is 6.58 Å². The zero-order chi connectivity index (χ0) is 16.8. The average molecular weight is 312 g/mol. The SMILES string of the molecule is C=CCCOC(C)C(=O)N1CCN(C(=O)OC(C)(C)C)CC1. The summed E-state index contributed by atoms with van der Waals surface area (Å²) in [6.45, 7) is 13.4. The Kier molecular flexibility index (Phi) is 6.87. The maximum Gasteiger partial charge on any atom is 0.410 e. The topological polar surface area (TPSA) is 59.1 Å². The molecule has 1 unspecified atom stereocenters. The van der Waals surface area contributed by atoms with Crippen LogP contribution in [0.5, 0.6) is 0 Å². The number of amides is 2. The first-order valence-electron chi connectivity index (χ1n) is 7.74. The van der Waals surface area contributed by atoms with Gasteiger partial charge in [0.15, 0.2) is 0 Å². The minimum Gasteiger partial charge on any atom is -0.444 e. The summed E-state index contributed by atoms with van der Waals surface area (Å²) in [5.41, 5.74) is -0.502. The van der Waals surface area contributed by atoms with Crippen LogP contribution in [0.2, 0.25) is 0 Å². The highest BCUT2D eigenvalue weighted by molar-refractivity contribution is 5.81. The van der Waals surface area contributed by atoms with Gasteiger partial charge in [-0.25, -0.2) is 4.79 Å². The fourth-order valence-corrected chi connectivity index (χ4v) is 2.09. The smallest absolute Gasteiger partial charge is 0.410 e. The molecule has 0 spiro atoms. The number of carbonyl (C=O) groups excluding carboxylic acids is 2. The van der Waals surface area contributed by atoms with Crippen LogP contribution in [-0.2, 0) is 14.3 Å². The second kappa shape index (κ2) is 8.17. The van der Waals surface area contributed by atoms with Gasteiger partial charge in [-0.2, -0.15) is 0 Å². The third kappa shape index (κ3) is 6.05. The van der Waals surface area contributed by atoms with E-state index in [2.05, 4.69) is 6.58 Å². The lowest BCUT2D eigenvalue weighted by atomic mass is 10.2. The van der Waals surface area contributed by atoms with Crippen LogP contribution in [-0.4, -0.2) is 66.3 Å². The Balaban J connectivity index is 2.39. The van der Waals surface area contributed by atoms with Gasteiger partial charge in [0.25, 0.3) is 5.91 Å². The fourth-order valence-electron chi connectivity index (χ4n) is 2.09. The van der Waals surface area contributed by atoms with Gasteiger partial charge in [-0.3, -0.25) is 4.79 Å². The van der Waals surface area contributed by atoms with Gasteiger partial charge in [0.2, 0.25) is 0 Å². The molecule has 0 radical (unpaired) electrons. The van der Waals surface area contributed by atoms with Gasteiger partial charge < -0.3 is 19.3 Å². The molecule has 6 heteroatoms. The van der Waals surface area contributed by atoms with E-state index >= 15 is 0 Å². The van der Waals surface area contributed by atoms with Crippen molar-refractivity contribution in [3.63, 3.8) is 0 Å². The number of hydrogen-bond acceptors (Lipinski definition) is 4. The Hall–Kier alpha value is -1.56. The molecule has 0 bridgehead atoms. The summed E-state index contributed by atoms with van der Waals surface area (Å²) in [5.74, 6) is -0.0344. The van der Waals surface area contributed by atoms with Crippen LogP contribution in [0.15, 0.2) is 12.7 Å². The summed E-state index contributed by atoms with van der Waals surface area (Å²) in [6, 6.07) is 0. The molecule has 1 atom stereocenters. The predicted octanol–water partition coefficient (Wildman–Crippen LogP) is 2.05. The van der Waals surface area contributed by atoms with Crippen molar-refractivity contribution in [2.75, 3.05) is 32.8 Å². The number of nitrogens with zero attached hydrogens (tertiary/aromatic N) is 2. The zero-order valence-electron chi connectivity index (χ0n) is 14.1. The lowest BCUT2D eigenvalue weighted by Gasteiger charge is -2.36. The quantitative estimate of drug-likeness (QED) is 0.576. The van der Waals surface area contributed by atoms with Gasteiger partial charge in [0.1, 0.15) is 11.7 Å². The van der Waals surface area contributed by atoms with Crippen LogP contribution in [0, 0.1) is 0 Å². The summed E-state index contributed by atoms with van der Waals surface area (Å²) in [5, 5.41) is 0. The van der Waals surface area contributed by atoms with Crippen LogP contribution in [0.3, 0.4) is 0 Å². The van der Waals surface area contributed by atoms with Gasteiger partial charge in [0.05, 0.1) is 6.61 Å². The molecule has 0 saturated carbocycles. The molecule has 126 valence electrons. The minimum absolute atomic E-state index is 0.0344. The highest BCUT2D eigenvalue weighted by atomic mass is 16.6. The number of ether oxygens (including phenoxy) is 2. The van der Waals surface area contributed by atoms with E-state index in [0.717, 1.165) is 6.42 Å². The van der Waals surface area contributed by atoms with Crippen LogP contribution >= 0.6 is 0 Å². The molecule has 2 amide bonds. The Morgan fingerprint density at radius 3 is 2.23 bits per heavy atom. The van der Waals surface area contributed by atoms with E-state index in [1.165, 1.54) is 0 Å². The Morgan fingerprint density at radius 1 is 1.18 bits per heavy atom. The van der Waals surface area contributed by atoms with E-state index in [1.807, 2.05) is 20.8 Å². The molecule has 6 nitrogen and oxygen atoms in total. The second-order valence-corrected chi connectivity index (χ2v) is 6.38. The molecule has 22 heavy (non-hydrogen) atoms. The zero-order valence-corrected chi connectivity index (χ0v) is 14.1. The molecule has 1 heterocycles. The van der Waals surface area contributed by atoms with Gasteiger partial charge in [0, 0.05) is 26.2 Å². The van der Waals surface area contributed by atoms with Crippen molar-refractivity contribution in [1.29, 1.82) is 0 Å². The van der Waals surface area contributed by atoms with Crippen molar-refractivity contribution in [1.82, 2.24) is 9.80 Å². The Bertz CT molecular complexity index is 395. The normalized spacial score (nSPS) is 17.1. The summed E-state index contributed by atoms with van der Waals surface area (Å²) < 4.78 is 10.8. The number of carbonyl (C=O) groups is 2. The number of hydrogen-bond donors (Lipinski definition) is 0. The maximum absolute atomic E-state index is 12.2. The van der Waals surface area contributed by atoms with Crippen LogP contribution < -0.4 is 0 Å². The van der Waals surface area contributed by atoms with Crippen molar-refractivity contribution >= 4 is 12.0 Å². The molecule has 1 fully saturated rings. The first-order chi connectivity index (χ1) is 10.2. The fraction of sp³-hybridized carbons (Fsp3) is 0.750.